The largest absolute Gasteiger partial charge is 0.493 e. The minimum atomic E-state index is -0.0615. The number of nitrogens with one attached hydrogen (secondary N) is 2. The predicted octanol–water partition coefficient (Wildman–Crippen LogP) is 0.492. The number of piperazine rings is 1. The van der Waals surface area contributed by atoms with Crippen molar-refractivity contribution < 1.29 is 14.3 Å². The minimum absolute atomic E-state index is 0.0615. The van der Waals surface area contributed by atoms with Crippen LogP contribution < -0.4 is 20.1 Å². The summed E-state index contributed by atoms with van der Waals surface area (Å²) in [5.74, 6) is 1.33. The Morgan fingerprint density at radius 3 is 3.00 bits per heavy atom. The third kappa shape index (κ3) is 3.83. The van der Waals surface area contributed by atoms with Gasteiger partial charge in [0.05, 0.1) is 12.7 Å². The number of fused-ring (bicyclic) bond motifs is 1. The van der Waals surface area contributed by atoms with Gasteiger partial charge >= 0.3 is 0 Å². The molecule has 2 N–H and O–H groups in total. The maximum atomic E-state index is 12.3. The Bertz CT molecular complexity index is 595. The van der Waals surface area contributed by atoms with Crippen LogP contribution in [0.4, 0.5) is 0 Å². The Labute approximate surface area is 136 Å². The molecule has 0 aromatic heterocycles. The van der Waals surface area contributed by atoms with Crippen LogP contribution >= 0.6 is 0 Å². The van der Waals surface area contributed by atoms with Gasteiger partial charge < -0.3 is 20.1 Å². The quantitative estimate of drug-likeness (QED) is 0.828. The van der Waals surface area contributed by atoms with E-state index in [1.54, 1.807) is 7.11 Å². The van der Waals surface area contributed by atoms with Gasteiger partial charge in [-0.3, -0.25) is 9.69 Å². The fourth-order valence-corrected chi connectivity index (χ4v) is 2.85. The zero-order valence-electron chi connectivity index (χ0n) is 13.4. The van der Waals surface area contributed by atoms with E-state index in [1.807, 2.05) is 24.3 Å². The van der Waals surface area contributed by atoms with E-state index in [9.17, 15) is 4.79 Å². The van der Waals surface area contributed by atoms with Crippen molar-refractivity contribution >= 4 is 12.0 Å². The second-order valence-corrected chi connectivity index (χ2v) is 5.68. The van der Waals surface area contributed by atoms with Gasteiger partial charge in [-0.1, -0.05) is 12.1 Å². The first-order valence-electron chi connectivity index (χ1n) is 7.99. The van der Waals surface area contributed by atoms with Crippen molar-refractivity contribution in [2.24, 2.45) is 0 Å². The fourth-order valence-electron chi connectivity index (χ4n) is 2.85. The molecule has 124 valence electrons. The number of para-hydroxylation sites is 1. The number of methoxy groups -OCH3 is 1. The zero-order chi connectivity index (χ0) is 16.1. The van der Waals surface area contributed by atoms with E-state index in [1.165, 1.54) is 0 Å². The maximum absolute atomic E-state index is 12.3. The van der Waals surface area contributed by atoms with Crippen molar-refractivity contribution in [3.05, 3.63) is 29.3 Å². The molecule has 2 aliphatic rings. The van der Waals surface area contributed by atoms with Crippen molar-refractivity contribution in [2.75, 3.05) is 53.0 Å². The van der Waals surface area contributed by atoms with Crippen LogP contribution in [0.2, 0.25) is 0 Å². The average molecular weight is 317 g/mol. The second-order valence-electron chi connectivity index (χ2n) is 5.68. The first-order valence-corrected chi connectivity index (χ1v) is 7.99. The molecule has 0 radical (unpaired) electrons. The number of amides is 1. The number of carbonyl (C=O) groups excluding carboxylic acids is 1. The lowest BCUT2D eigenvalue weighted by molar-refractivity contribution is -0.117. The molecule has 0 aliphatic carbocycles. The molecule has 6 heteroatoms. The lowest BCUT2D eigenvalue weighted by Crippen LogP contribution is -2.46. The molecule has 0 spiro atoms. The SMILES string of the molecule is COc1cccc2c1OCC(C(=O)NCCN1CCNCC1)=C2. The highest BCUT2D eigenvalue weighted by atomic mass is 16.5. The molecule has 23 heavy (non-hydrogen) atoms. The van der Waals surface area contributed by atoms with Crippen molar-refractivity contribution in [1.82, 2.24) is 15.5 Å². The molecule has 2 aliphatic heterocycles. The van der Waals surface area contributed by atoms with E-state index in [-0.39, 0.29) is 12.5 Å². The lowest BCUT2D eigenvalue weighted by Gasteiger charge is -2.27. The summed E-state index contributed by atoms with van der Waals surface area (Å²) < 4.78 is 11.0. The van der Waals surface area contributed by atoms with E-state index in [2.05, 4.69) is 15.5 Å². The van der Waals surface area contributed by atoms with Gasteiger partial charge in [0.15, 0.2) is 11.5 Å². The molecular weight excluding hydrogens is 294 g/mol. The number of carbonyl (C=O) groups is 1. The molecule has 1 amide bonds. The van der Waals surface area contributed by atoms with E-state index in [4.69, 9.17) is 9.47 Å². The first kappa shape index (κ1) is 15.8. The van der Waals surface area contributed by atoms with Crippen molar-refractivity contribution in [1.29, 1.82) is 0 Å². The van der Waals surface area contributed by atoms with Gasteiger partial charge in [-0.05, 0) is 12.1 Å². The van der Waals surface area contributed by atoms with E-state index in [0.29, 0.717) is 23.6 Å². The van der Waals surface area contributed by atoms with Crippen LogP contribution in [0.1, 0.15) is 5.56 Å². The number of rotatable bonds is 5. The highest BCUT2D eigenvalue weighted by Crippen LogP contribution is 2.35. The van der Waals surface area contributed by atoms with Gasteiger partial charge in [-0.2, -0.15) is 0 Å². The molecule has 0 atom stereocenters. The van der Waals surface area contributed by atoms with Crippen LogP contribution in [0.15, 0.2) is 23.8 Å². The van der Waals surface area contributed by atoms with Crippen LogP contribution in [0.5, 0.6) is 11.5 Å². The highest BCUT2D eigenvalue weighted by molar-refractivity contribution is 5.99. The highest BCUT2D eigenvalue weighted by Gasteiger charge is 2.20. The molecule has 0 saturated carbocycles. The Morgan fingerprint density at radius 1 is 1.39 bits per heavy atom. The first-order chi connectivity index (χ1) is 11.3. The Kier molecular flexibility index (Phi) is 5.15. The topological polar surface area (TPSA) is 62.8 Å². The number of hydrogen-bond acceptors (Lipinski definition) is 5. The molecule has 0 unspecified atom stereocenters. The third-order valence-corrected chi connectivity index (χ3v) is 4.15. The summed E-state index contributed by atoms with van der Waals surface area (Å²) in [4.78, 5) is 14.6. The Hall–Kier alpha value is -2.05. The smallest absolute Gasteiger partial charge is 0.250 e. The minimum Gasteiger partial charge on any atom is -0.493 e. The van der Waals surface area contributed by atoms with Gasteiger partial charge in [0, 0.05) is 44.8 Å². The predicted molar refractivity (Wildman–Crippen MR) is 88.8 cm³/mol. The number of hydrogen-bond donors (Lipinski definition) is 2. The van der Waals surface area contributed by atoms with Crippen molar-refractivity contribution in [2.45, 2.75) is 0 Å². The van der Waals surface area contributed by atoms with Crippen LogP contribution in [-0.4, -0.2) is 63.8 Å². The normalized spacial score (nSPS) is 17.7. The molecule has 0 bridgehead atoms. The summed E-state index contributed by atoms with van der Waals surface area (Å²) in [7, 11) is 1.61. The summed E-state index contributed by atoms with van der Waals surface area (Å²) in [6, 6.07) is 5.67. The molecule has 2 heterocycles. The molecule has 1 aromatic carbocycles. The summed E-state index contributed by atoms with van der Waals surface area (Å²) in [5.41, 5.74) is 1.52. The van der Waals surface area contributed by atoms with E-state index < -0.39 is 0 Å². The lowest BCUT2D eigenvalue weighted by atomic mass is 10.1. The van der Waals surface area contributed by atoms with Crippen molar-refractivity contribution in [3.63, 3.8) is 0 Å². The van der Waals surface area contributed by atoms with Crippen LogP contribution in [0.25, 0.3) is 6.08 Å². The van der Waals surface area contributed by atoms with Crippen molar-refractivity contribution in [3.8, 4) is 11.5 Å². The maximum Gasteiger partial charge on any atom is 0.250 e. The molecule has 3 rings (SSSR count). The summed E-state index contributed by atoms with van der Waals surface area (Å²) in [6.07, 6.45) is 1.88. The monoisotopic (exact) mass is 317 g/mol. The van der Waals surface area contributed by atoms with Gasteiger partial charge in [0.2, 0.25) is 0 Å². The molecular formula is C17H23N3O3. The van der Waals surface area contributed by atoms with Crippen LogP contribution in [-0.2, 0) is 4.79 Å². The van der Waals surface area contributed by atoms with Crippen LogP contribution in [0, 0.1) is 0 Å². The van der Waals surface area contributed by atoms with E-state index >= 15 is 0 Å². The van der Waals surface area contributed by atoms with Gasteiger partial charge in [0.1, 0.15) is 6.61 Å². The van der Waals surface area contributed by atoms with E-state index in [0.717, 1.165) is 38.3 Å². The number of benzene rings is 1. The summed E-state index contributed by atoms with van der Waals surface area (Å²) >= 11 is 0. The fraction of sp³-hybridized carbons (Fsp3) is 0.471. The summed E-state index contributed by atoms with van der Waals surface area (Å²) in [5, 5.41) is 6.30. The molecule has 1 aromatic rings. The number of ether oxygens (including phenoxy) is 2. The Morgan fingerprint density at radius 2 is 2.22 bits per heavy atom. The second kappa shape index (κ2) is 7.48. The molecule has 1 saturated heterocycles. The van der Waals surface area contributed by atoms with Crippen LogP contribution in [0.3, 0.4) is 0 Å². The molecule has 6 nitrogen and oxygen atoms in total. The van der Waals surface area contributed by atoms with Gasteiger partial charge in [-0.25, -0.2) is 0 Å². The van der Waals surface area contributed by atoms with Gasteiger partial charge in [0.25, 0.3) is 5.91 Å². The number of nitrogens with zero attached hydrogens (tertiary/aromatic N) is 1. The Balaban J connectivity index is 1.56. The summed E-state index contributed by atoms with van der Waals surface area (Å²) in [6.45, 7) is 5.92. The molecule has 1 fully saturated rings. The third-order valence-electron chi connectivity index (χ3n) is 4.15. The standard InChI is InChI=1S/C17H23N3O3/c1-22-15-4-2-3-13-11-14(12-23-16(13)15)17(21)19-7-10-20-8-5-18-6-9-20/h2-4,11,18H,5-10,12H2,1H3,(H,19,21). The van der Waals surface area contributed by atoms with Gasteiger partial charge in [-0.15, -0.1) is 0 Å². The zero-order valence-corrected chi connectivity index (χ0v) is 13.4. The average Bonchev–Trinajstić information content (AvgIpc) is 2.61.